The van der Waals surface area contributed by atoms with Crippen molar-refractivity contribution in [1.82, 2.24) is 0 Å². The zero-order chi connectivity index (χ0) is 18.2. The van der Waals surface area contributed by atoms with Crippen LogP contribution in [0.2, 0.25) is 0 Å². The van der Waals surface area contributed by atoms with Gasteiger partial charge in [0, 0.05) is 25.2 Å². The molecule has 0 N–H and O–H groups in total. The van der Waals surface area contributed by atoms with Crippen LogP contribution < -0.4 is 4.74 Å². The van der Waals surface area contributed by atoms with Gasteiger partial charge in [-0.15, -0.1) is 0 Å². The van der Waals surface area contributed by atoms with Gasteiger partial charge in [-0.05, 0) is 30.7 Å². The molecular weight excluding hydrogens is 320 g/mol. The standard InChI is InChI=1S/C20H22O5/c1-14(21)17-9-10-19(25-12-16-7-5-4-6-8-16)18(11-17)20(23-3)13-24-15(2)22/h4-11,20H,12-13H2,1-3H3/t20-/m1/s1. The fourth-order valence-electron chi connectivity index (χ4n) is 2.36. The molecule has 0 saturated heterocycles. The first kappa shape index (κ1) is 18.7. The molecule has 0 aliphatic carbocycles. The van der Waals surface area contributed by atoms with Crippen LogP contribution in [-0.4, -0.2) is 25.5 Å². The number of hydrogen-bond donors (Lipinski definition) is 0. The normalized spacial score (nSPS) is 11.6. The minimum absolute atomic E-state index is 0.0505. The molecule has 0 unspecified atom stereocenters. The number of carbonyl (C=O) groups excluding carboxylic acids is 2. The van der Waals surface area contributed by atoms with Crippen LogP contribution in [-0.2, 0) is 20.9 Å². The molecule has 2 aromatic carbocycles. The lowest BCUT2D eigenvalue weighted by Crippen LogP contribution is -2.14. The Kier molecular flexibility index (Phi) is 6.71. The maximum atomic E-state index is 11.7. The molecule has 132 valence electrons. The van der Waals surface area contributed by atoms with Gasteiger partial charge in [-0.25, -0.2) is 0 Å². The number of ketones is 1. The number of esters is 1. The van der Waals surface area contributed by atoms with Gasteiger partial charge < -0.3 is 14.2 Å². The molecule has 0 aromatic heterocycles. The third kappa shape index (κ3) is 5.43. The van der Waals surface area contributed by atoms with Crippen LogP contribution >= 0.6 is 0 Å². The predicted molar refractivity (Wildman–Crippen MR) is 93.6 cm³/mol. The third-order valence-corrected chi connectivity index (χ3v) is 3.72. The van der Waals surface area contributed by atoms with Gasteiger partial charge >= 0.3 is 5.97 Å². The van der Waals surface area contributed by atoms with Gasteiger partial charge in [0.2, 0.25) is 0 Å². The zero-order valence-corrected chi connectivity index (χ0v) is 14.7. The summed E-state index contributed by atoms with van der Waals surface area (Å²) >= 11 is 0. The number of hydrogen-bond acceptors (Lipinski definition) is 5. The molecule has 0 aliphatic heterocycles. The number of rotatable bonds is 8. The minimum atomic E-state index is -0.519. The summed E-state index contributed by atoms with van der Waals surface area (Å²) in [5.74, 6) is 0.141. The van der Waals surface area contributed by atoms with E-state index in [2.05, 4.69) is 0 Å². The molecule has 1 atom stereocenters. The van der Waals surface area contributed by atoms with Crippen LogP contribution in [0, 0.1) is 0 Å². The predicted octanol–water partition coefficient (Wildman–Crippen LogP) is 3.72. The molecule has 2 aromatic rings. The van der Waals surface area contributed by atoms with E-state index in [0.717, 1.165) is 5.56 Å². The molecular formula is C20H22O5. The molecule has 25 heavy (non-hydrogen) atoms. The highest BCUT2D eigenvalue weighted by atomic mass is 16.6. The van der Waals surface area contributed by atoms with E-state index in [4.69, 9.17) is 14.2 Å². The second kappa shape index (κ2) is 8.99. The summed E-state index contributed by atoms with van der Waals surface area (Å²) in [6, 6.07) is 14.9. The molecule has 0 bridgehead atoms. The van der Waals surface area contributed by atoms with Crippen LogP contribution in [0.1, 0.15) is 41.4 Å². The van der Waals surface area contributed by atoms with E-state index >= 15 is 0 Å². The first-order chi connectivity index (χ1) is 12.0. The van der Waals surface area contributed by atoms with Gasteiger partial charge in [0.1, 0.15) is 25.1 Å². The second-order valence-corrected chi connectivity index (χ2v) is 5.61. The number of Topliss-reactive ketones (excluding diaryl/α,β-unsaturated/α-hetero) is 1. The smallest absolute Gasteiger partial charge is 0.302 e. The van der Waals surface area contributed by atoms with Crippen molar-refractivity contribution in [3.63, 3.8) is 0 Å². The Morgan fingerprint density at radius 2 is 1.76 bits per heavy atom. The van der Waals surface area contributed by atoms with Gasteiger partial charge in [-0.2, -0.15) is 0 Å². The number of methoxy groups -OCH3 is 1. The van der Waals surface area contributed by atoms with Crippen molar-refractivity contribution in [1.29, 1.82) is 0 Å². The quantitative estimate of drug-likeness (QED) is 0.540. The molecule has 2 rings (SSSR count). The SMILES string of the molecule is CO[C@H](COC(C)=O)c1cc(C(C)=O)ccc1OCc1ccccc1. The van der Waals surface area contributed by atoms with E-state index in [-0.39, 0.29) is 12.4 Å². The average molecular weight is 342 g/mol. The van der Waals surface area contributed by atoms with Crippen molar-refractivity contribution in [2.24, 2.45) is 0 Å². The monoisotopic (exact) mass is 342 g/mol. The average Bonchev–Trinajstić information content (AvgIpc) is 2.61. The Labute approximate surface area is 147 Å². The molecule has 5 heteroatoms. The molecule has 0 spiro atoms. The lowest BCUT2D eigenvalue weighted by Gasteiger charge is -2.20. The fraction of sp³-hybridized carbons (Fsp3) is 0.300. The summed E-state index contributed by atoms with van der Waals surface area (Å²) in [4.78, 5) is 22.8. The van der Waals surface area contributed by atoms with E-state index in [1.54, 1.807) is 18.2 Å². The highest BCUT2D eigenvalue weighted by Crippen LogP contribution is 2.30. The van der Waals surface area contributed by atoms with E-state index in [1.165, 1.54) is 21.0 Å². The fourth-order valence-corrected chi connectivity index (χ4v) is 2.36. The summed E-state index contributed by atoms with van der Waals surface area (Å²) in [7, 11) is 1.52. The second-order valence-electron chi connectivity index (χ2n) is 5.61. The third-order valence-electron chi connectivity index (χ3n) is 3.72. The molecule has 0 heterocycles. The van der Waals surface area contributed by atoms with Gasteiger partial charge in [-0.1, -0.05) is 30.3 Å². The van der Waals surface area contributed by atoms with Crippen molar-refractivity contribution in [2.75, 3.05) is 13.7 Å². The van der Waals surface area contributed by atoms with Gasteiger partial charge in [-0.3, -0.25) is 9.59 Å². The van der Waals surface area contributed by atoms with Gasteiger partial charge in [0.05, 0.1) is 0 Å². The Hall–Kier alpha value is -2.66. The summed E-state index contributed by atoms with van der Waals surface area (Å²) in [6.07, 6.45) is -0.519. The van der Waals surface area contributed by atoms with Crippen molar-refractivity contribution in [3.05, 3.63) is 65.2 Å². The molecule has 5 nitrogen and oxygen atoms in total. The lowest BCUT2D eigenvalue weighted by molar-refractivity contribution is -0.144. The van der Waals surface area contributed by atoms with E-state index in [1.807, 2.05) is 30.3 Å². The number of benzene rings is 2. The molecule has 0 saturated carbocycles. The number of ether oxygens (including phenoxy) is 3. The summed E-state index contributed by atoms with van der Waals surface area (Å²) in [5.41, 5.74) is 2.25. The van der Waals surface area contributed by atoms with Crippen molar-refractivity contribution < 1.29 is 23.8 Å². The summed E-state index contributed by atoms with van der Waals surface area (Å²) in [6.45, 7) is 3.27. The van der Waals surface area contributed by atoms with Crippen LogP contribution in [0.25, 0.3) is 0 Å². The highest BCUT2D eigenvalue weighted by molar-refractivity contribution is 5.94. The summed E-state index contributed by atoms with van der Waals surface area (Å²) < 4.78 is 16.4. The Morgan fingerprint density at radius 1 is 1.04 bits per heavy atom. The maximum Gasteiger partial charge on any atom is 0.302 e. The molecule has 0 amide bonds. The van der Waals surface area contributed by atoms with Crippen molar-refractivity contribution in [2.45, 2.75) is 26.6 Å². The van der Waals surface area contributed by atoms with Crippen LogP contribution in [0.15, 0.2) is 48.5 Å². The first-order valence-corrected chi connectivity index (χ1v) is 7.99. The van der Waals surface area contributed by atoms with E-state index in [0.29, 0.717) is 23.5 Å². The Balaban J connectivity index is 2.27. The Morgan fingerprint density at radius 3 is 2.36 bits per heavy atom. The van der Waals surface area contributed by atoms with E-state index in [9.17, 15) is 9.59 Å². The van der Waals surface area contributed by atoms with Crippen LogP contribution in [0.5, 0.6) is 5.75 Å². The van der Waals surface area contributed by atoms with Crippen molar-refractivity contribution in [3.8, 4) is 5.75 Å². The summed E-state index contributed by atoms with van der Waals surface area (Å²) in [5, 5.41) is 0. The minimum Gasteiger partial charge on any atom is -0.489 e. The van der Waals surface area contributed by atoms with Crippen LogP contribution in [0.3, 0.4) is 0 Å². The van der Waals surface area contributed by atoms with Gasteiger partial charge in [0.15, 0.2) is 5.78 Å². The van der Waals surface area contributed by atoms with Gasteiger partial charge in [0.25, 0.3) is 0 Å². The largest absolute Gasteiger partial charge is 0.489 e. The van der Waals surface area contributed by atoms with E-state index < -0.39 is 12.1 Å². The zero-order valence-electron chi connectivity index (χ0n) is 14.7. The number of carbonyl (C=O) groups is 2. The lowest BCUT2D eigenvalue weighted by atomic mass is 10.0. The van der Waals surface area contributed by atoms with Crippen molar-refractivity contribution >= 4 is 11.8 Å². The molecule has 0 radical (unpaired) electrons. The maximum absolute atomic E-state index is 11.7. The molecule has 0 fully saturated rings. The topological polar surface area (TPSA) is 61.8 Å². The Bertz CT molecular complexity index is 724. The first-order valence-electron chi connectivity index (χ1n) is 7.99. The molecule has 0 aliphatic rings. The van der Waals surface area contributed by atoms with Crippen LogP contribution in [0.4, 0.5) is 0 Å². The highest BCUT2D eigenvalue weighted by Gasteiger charge is 2.19.